The molecule has 0 aliphatic carbocycles. The molecule has 1 atom stereocenters. The first-order chi connectivity index (χ1) is 5.95. The van der Waals surface area contributed by atoms with Crippen molar-refractivity contribution >= 4 is 28.2 Å². The van der Waals surface area contributed by atoms with Gasteiger partial charge in [0.25, 0.3) is 4.21 Å². The molecule has 0 aromatic carbocycles. The Hall–Kier alpha value is -0.590. The van der Waals surface area contributed by atoms with Gasteiger partial charge in [-0.05, 0) is 25.0 Å². The first-order valence-electron chi connectivity index (χ1n) is 3.53. The summed E-state index contributed by atoms with van der Waals surface area (Å²) >= 11 is -0.0381. The smallest absolute Gasteiger partial charge is 0.338 e. The number of thiophene rings is 1. The Morgan fingerprint density at radius 1 is 1.46 bits per heavy atom. The lowest BCUT2D eigenvalue weighted by Gasteiger charge is -1.99. The molecular formula is C7H9NO3S2. The minimum Gasteiger partial charge on any atom is -0.611 e. The highest BCUT2D eigenvalue weighted by atomic mass is 32.2. The average Bonchev–Trinajstić information content (AvgIpc) is 2.28. The zero-order valence-corrected chi connectivity index (χ0v) is 9.12. The van der Waals surface area contributed by atoms with Crippen molar-refractivity contribution in [1.82, 2.24) is 0 Å². The van der Waals surface area contributed by atoms with E-state index in [4.69, 9.17) is 0 Å². The first-order valence-corrected chi connectivity index (χ1v) is 5.90. The van der Waals surface area contributed by atoms with Crippen LogP contribution < -0.4 is 0 Å². The standard InChI is InChI=1S/C7H9NO3S2/c1-4-5(2)12-7(13(3)11)6(4)8(9)10/h1-3H3. The Balaban J connectivity index is 3.35. The molecule has 0 saturated carbocycles. The van der Waals surface area contributed by atoms with Crippen LogP contribution in [0.4, 0.5) is 5.69 Å². The van der Waals surface area contributed by atoms with Gasteiger partial charge in [-0.2, -0.15) is 0 Å². The highest BCUT2D eigenvalue weighted by molar-refractivity contribution is 7.93. The molecule has 6 heteroatoms. The van der Waals surface area contributed by atoms with E-state index in [2.05, 4.69) is 0 Å². The fraction of sp³-hybridized carbons (Fsp3) is 0.429. The molecule has 13 heavy (non-hydrogen) atoms. The maximum atomic E-state index is 11.2. The van der Waals surface area contributed by atoms with Gasteiger partial charge in [0, 0.05) is 10.4 Å². The lowest BCUT2D eigenvalue weighted by Crippen LogP contribution is -1.99. The van der Waals surface area contributed by atoms with Crippen LogP contribution in [-0.4, -0.2) is 15.7 Å². The van der Waals surface area contributed by atoms with Crippen molar-refractivity contribution in [2.24, 2.45) is 0 Å². The Kier molecular flexibility index (Phi) is 2.94. The van der Waals surface area contributed by atoms with E-state index in [1.54, 1.807) is 13.8 Å². The normalized spacial score (nSPS) is 12.9. The number of rotatable bonds is 2. The average molecular weight is 219 g/mol. The third-order valence-electron chi connectivity index (χ3n) is 1.77. The van der Waals surface area contributed by atoms with E-state index >= 15 is 0 Å². The Morgan fingerprint density at radius 3 is 2.31 bits per heavy atom. The van der Waals surface area contributed by atoms with E-state index in [9.17, 15) is 14.7 Å². The molecule has 1 aromatic heterocycles. The van der Waals surface area contributed by atoms with Crippen LogP contribution >= 0.6 is 11.3 Å². The molecule has 0 fully saturated rings. The predicted octanol–water partition coefficient (Wildman–Crippen LogP) is 2.01. The highest BCUT2D eigenvalue weighted by Gasteiger charge is 2.29. The monoisotopic (exact) mass is 219 g/mol. The van der Waals surface area contributed by atoms with Crippen LogP contribution in [0.2, 0.25) is 0 Å². The van der Waals surface area contributed by atoms with E-state index in [1.165, 1.54) is 17.6 Å². The van der Waals surface area contributed by atoms with Gasteiger partial charge in [-0.3, -0.25) is 10.1 Å². The van der Waals surface area contributed by atoms with E-state index < -0.39 is 16.1 Å². The molecule has 0 bridgehead atoms. The summed E-state index contributed by atoms with van der Waals surface area (Å²) in [5.74, 6) is 0. The summed E-state index contributed by atoms with van der Waals surface area (Å²) in [4.78, 5) is 11.0. The van der Waals surface area contributed by atoms with Crippen molar-refractivity contribution in [2.45, 2.75) is 18.1 Å². The predicted molar refractivity (Wildman–Crippen MR) is 52.8 cm³/mol. The molecule has 0 amide bonds. The molecule has 0 aliphatic rings. The van der Waals surface area contributed by atoms with Crippen LogP contribution in [0.25, 0.3) is 0 Å². The summed E-state index contributed by atoms with van der Waals surface area (Å²) in [6, 6.07) is 0. The number of aryl methyl sites for hydroxylation is 1. The largest absolute Gasteiger partial charge is 0.611 e. The summed E-state index contributed by atoms with van der Waals surface area (Å²) in [6.07, 6.45) is 1.46. The molecular weight excluding hydrogens is 210 g/mol. The molecule has 1 rings (SSSR count). The maximum Gasteiger partial charge on any atom is 0.338 e. The zero-order valence-electron chi connectivity index (χ0n) is 7.49. The van der Waals surface area contributed by atoms with Crippen molar-refractivity contribution in [3.05, 3.63) is 20.6 Å². The second-order valence-corrected chi connectivity index (χ2v) is 5.43. The maximum absolute atomic E-state index is 11.2. The fourth-order valence-corrected chi connectivity index (χ4v) is 3.19. The SMILES string of the molecule is Cc1sc([S+](C)[O-])c([N+](=O)[O-])c1C. The lowest BCUT2D eigenvalue weighted by molar-refractivity contribution is -0.387. The van der Waals surface area contributed by atoms with Gasteiger partial charge in [-0.25, -0.2) is 0 Å². The van der Waals surface area contributed by atoms with E-state index in [0.717, 1.165) is 4.88 Å². The summed E-state index contributed by atoms with van der Waals surface area (Å²) in [5, 5.41) is 10.6. The van der Waals surface area contributed by atoms with Crippen molar-refractivity contribution in [1.29, 1.82) is 0 Å². The van der Waals surface area contributed by atoms with E-state index in [0.29, 0.717) is 9.77 Å². The zero-order chi connectivity index (χ0) is 10.2. The van der Waals surface area contributed by atoms with Crippen LogP contribution in [-0.2, 0) is 11.2 Å². The fourth-order valence-electron chi connectivity index (χ4n) is 0.990. The van der Waals surface area contributed by atoms with Gasteiger partial charge in [0.15, 0.2) is 0 Å². The van der Waals surface area contributed by atoms with E-state index in [-0.39, 0.29) is 5.69 Å². The molecule has 72 valence electrons. The van der Waals surface area contributed by atoms with Crippen LogP contribution in [0, 0.1) is 24.0 Å². The Morgan fingerprint density at radius 2 is 2.00 bits per heavy atom. The van der Waals surface area contributed by atoms with Gasteiger partial charge in [-0.1, -0.05) is 11.3 Å². The lowest BCUT2D eigenvalue weighted by atomic mass is 10.3. The molecule has 0 saturated heterocycles. The van der Waals surface area contributed by atoms with Gasteiger partial charge in [0.05, 0.1) is 4.92 Å². The molecule has 0 N–H and O–H groups in total. The number of nitrogens with zero attached hydrogens (tertiary/aromatic N) is 1. The van der Waals surface area contributed by atoms with E-state index in [1.807, 2.05) is 0 Å². The molecule has 1 unspecified atom stereocenters. The molecule has 1 aromatic rings. The molecule has 4 nitrogen and oxygen atoms in total. The summed E-state index contributed by atoms with van der Waals surface area (Å²) < 4.78 is 11.5. The summed E-state index contributed by atoms with van der Waals surface area (Å²) in [7, 11) is 0. The Labute approximate surface area is 82.9 Å². The summed E-state index contributed by atoms with van der Waals surface area (Å²) in [6.45, 7) is 3.48. The van der Waals surface area contributed by atoms with Crippen molar-refractivity contribution in [3.63, 3.8) is 0 Å². The number of nitro groups is 1. The second-order valence-electron chi connectivity index (χ2n) is 2.63. The van der Waals surface area contributed by atoms with Crippen molar-refractivity contribution in [2.75, 3.05) is 6.26 Å². The number of hydrogen-bond donors (Lipinski definition) is 0. The Bertz CT molecular complexity index is 346. The molecule has 0 radical (unpaired) electrons. The summed E-state index contributed by atoms with van der Waals surface area (Å²) in [5.41, 5.74) is 0.642. The van der Waals surface area contributed by atoms with Gasteiger partial charge < -0.3 is 4.55 Å². The van der Waals surface area contributed by atoms with Crippen molar-refractivity contribution in [3.8, 4) is 0 Å². The minimum absolute atomic E-state index is 0.0170. The molecule has 0 spiro atoms. The topological polar surface area (TPSA) is 66.2 Å². The van der Waals surface area contributed by atoms with Crippen LogP contribution in [0.3, 0.4) is 0 Å². The highest BCUT2D eigenvalue weighted by Crippen LogP contribution is 2.37. The van der Waals surface area contributed by atoms with Gasteiger partial charge in [0.1, 0.15) is 6.26 Å². The second kappa shape index (κ2) is 3.65. The van der Waals surface area contributed by atoms with Crippen LogP contribution in [0.15, 0.2) is 4.21 Å². The van der Waals surface area contributed by atoms with Gasteiger partial charge in [-0.15, -0.1) is 0 Å². The van der Waals surface area contributed by atoms with Gasteiger partial charge in [0.2, 0.25) is 0 Å². The quantitative estimate of drug-likeness (QED) is 0.434. The van der Waals surface area contributed by atoms with Crippen molar-refractivity contribution < 1.29 is 9.48 Å². The van der Waals surface area contributed by atoms with Crippen LogP contribution in [0.1, 0.15) is 10.4 Å². The van der Waals surface area contributed by atoms with Crippen LogP contribution in [0.5, 0.6) is 0 Å². The minimum atomic E-state index is -1.27. The third-order valence-corrected chi connectivity index (χ3v) is 4.43. The third kappa shape index (κ3) is 1.84. The number of hydrogen-bond acceptors (Lipinski definition) is 4. The molecule has 0 aliphatic heterocycles. The van der Waals surface area contributed by atoms with Gasteiger partial charge >= 0.3 is 5.69 Å². The molecule has 1 heterocycles. The first kappa shape index (κ1) is 10.5.